The summed E-state index contributed by atoms with van der Waals surface area (Å²) in [7, 11) is 1.38. The van der Waals surface area contributed by atoms with E-state index in [2.05, 4.69) is 10.7 Å². The van der Waals surface area contributed by atoms with Crippen molar-refractivity contribution < 1.29 is 14.1 Å². The van der Waals surface area contributed by atoms with Gasteiger partial charge in [0.2, 0.25) is 0 Å². The Bertz CT molecular complexity index is 678. The maximum Gasteiger partial charge on any atom is 0.316 e. The molecule has 0 amide bonds. The SMILES string of the molecule is COc1cc(F)ccc1Nc1cccc(NN)c1[N+](=O)[O-]. The van der Waals surface area contributed by atoms with Gasteiger partial charge in [-0.3, -0.25) is 16.0 Å². The second kappa shape index (κ2) is 6.06. The quantitative estimate of drug-likeness (QED) is 0.445. The molecule has 0 heterocycles. The summed E-state index contributed by atoms with van der Waals surface area (Å²) in [6.45, 7) is 0. The number of anilines is 3. The molecule has 2 aromatic carbocycles. The van der Waals surface area contributed by atoms with Crippen LogP contribution >= 0.6 is 0 Å². The fourth-order valence-electron chi connectivity index (χ4n) is 1.87. The molecule has 4 N–H and O–H groups in total. The van der Waals surface area contributed by atoms with Crippen molar-refractivity contribution in [1.29, 1.82) is 0 Å². The summed E-state index contributed by atoms with van der Waals surface area (Å²) in [6.07, 6.45) is 0. The molecule has 0 saturated carbocycles. The van der Waals surface area contributed by atoms with Gasteiger partial charge in [0.25, 0.3) is 0 Å². The van der Waals surface area contributed by atoms with E-state index < -0.39 is 10.7 Å². The minimum atomic E-state index is -0.562. The van der Waals surface area contributed by atoms with Crippen LogP contribution in [0.4, 0.5) is 27.1 Å². The molecular weight excluding hydrogens is 279 g/mol. The molecule has 2 aromatic rings. The van der Waals surface area contributed by atoms with Crippen LogP contribution in [0.25, 0.3) is 0 Å². The van der Waals surface area contributed by atoms with E-state index in [-0.39, 0.29) is 22.8 Å². The lowest BCUT2D eigenvalue weighted by Crippen LogP contribution is -2.10. The highest BCUT2D eigenvalue weighted by molar-refractivity contribution is 5.80. The average Bonchev–Trinajstić information content (AvgIpc) is 2.48. The Kier molecular flexibility index (Phi) is 4.19. The van der Waals surface area contributed by atoms with Crippen molar-refractivity contribution in [2.45, 2.75) is 0 Å². The van der Waals surface area contributed by atoms with E-state index in [0.29, 0.717) is 5.69 Å². The number of para-hydroxylation sites is 1. The lowest BCUT2D eigenvalue weighted by atomic mass is 10.2. The number of hydrazine groups is 1. The standard InChI is InChI=1S/C13H13FN4O3/c1-21-12-7-8(14)5-6-9(12)16-10-3-2-4-11(17-15)13(10)18(19)20/h2-7,16-17H,15H2,1H3. The topological polar surface area (TPSA) is 102 Å². The number of nitrogens with one attached hydrogen (secondary N) is 2. The third-order valence-corrected chi connectivity index (χ3v) is 2.81. The van der Waals surface area contributed by atoms with Gasteiger partial charge >= 0.3 is 5.69 Å². The van der Waals surface area contributed by atoms with Gasteiger partial charge in [0.1, 0.15) is 22.9 Å². The Hall–Kier alpha value is -2.87. The van der Waals surface area contributed by atoms with Gasteiger partial charge < -0.3 is 15.5 Å². The molecule has 0 unspecified atom stereocenters. The van der Waals surface area contributed by atoms with Crippen LogP contribution in [0.5, 0.6) is 5.75 Å². The van der Waals surface area contributed by atoms with E-state index in [0.717, 1.165) is 0 Å². The molecular formula is C13H13FN4O3. The van der Waals surface area contributed by atoms with Crippen molar-refractivity contribution in [3.63, 3.8) is 0 Å². The number of ether oxygens (including phenoxy) is 1. The van der Waals surface area contributed by atoms with Crippen molar-refractivity contribution in [1.82, 2.24) is 0 Å². The molecule has 0 atom stereocenters. The summed E-state index contributed by atoms with van der Waals surface area (Å²) in [5.74, 6) is 5.03. The highest BCUT2D eigenvalue weighted by Gasteiger charge is 2.20. The van der Waals surface area contributed by atoms with Gasteiger partial charge in [-0.15, -0.1) is 0 Å². The molecule has 0 aliphatic rings. The van der Waals surface area contributed by atoms with Gasteiger partial charge in [0.15, 0.2) is 0 Å². The van der Waals surface area contributed by atoms with Crippen LogP contribution in [0.15, 0.2) is 36.4 Å². The first-order valence-corrected chi connectivity index (χ1v) is 5.91. The van der Waals surface area contributed by atoms with E-state index in [1.807, 2.05) is 0 Å². The van der Waals surface area contributed by atoms with E-state index in [9.17, 15) is 14.5 Å². The van der Waals surface area contributed by atoms with E-state index in [1.54, 1.807) is 6.07 Å². The summed E-state index contributed by atoms with van der Waals surface area (Å²) in [5.41, 5.74) is 2.82. The number of nitrogens with zero attached hydrogens (tertiary/aromatic N) is 1. The zero-order valence-electron chi connectivity index (χ0n) is 11.1. The number of nitro benzene ring substituents is 1. The van der Waals surface area contributed by atoms with Crippen LogP contribution in [0.3, 0.4) is 0 Å². The summed E-state index contributed by atoms with van der Waals surface area (Å²) < 4.78 is 18.2. The zero-order chi connectivity index (χ0) is 15.4. The fraction of sp³-hybridized carbons (Fsp3) is 0.0769. The highest BCUT2D eigenvalue weighted by Crippen LogP contribution is 2.36. The number of hydrogen-bond donors (Lipinski definition) is 3. The van der Waals surface area contributed by atoms with Gasteiger partial charge in [0.05, 0.1) is 17.7 Å². The molecule has 0 spiro atoms. The van der Waals surface area contributed by atoms with Crippen molar-refractivity contribution in [2.24, 2.45) is 5.84 Å². The van der Waals surface area contributed by atoms with Crippen LogP contribution in [-0.2, 0) is 0 Å². The number of nitro groups is 1. The monoisotopic (exact) mass is 292 g/mol. The molecule has 2 rings (SSSR count). The molecule has 0 bridgehead atoms. The number of methoxy groups -OCH3 is 1. The molecule has 21 heavy (non-hydrogen) atoms. The summed E-state index contributed by atoms with van der Waals surface area (Å²) in [4.78, 5) is 10.6. The molecule has 0 saturated heterocycles. The molecule has 7 nitrogen and oxygen atoms in total. The van der Waals surface area contributed by atoms with Gasteiger partial charge in [0, 0.05) is 6.07 Å². The maximum atomic E-state index is 13.2. The van der Waals surface area contributed by atoms with Crippen LogP contribution in [0.2, 0.25) is 0 Å². The summed E-state index contributed by atoms with van der Waals surface area (Å²) in [5, 5.41) is 14.0. The number of nitrogen functional groups attached to an aromatic ring is 1. The lowest BCUT2D eigenvalue weighted by molar-refractivity contribution is -0.383. The number of benzene rings is 2. The molecule has 0 aromatic heterocycles. The second-order valence-corrected chi connectivity index (χ2v) is 4.07. The molecule has 110 valence electrons. The smallest absolute Gasteiger partial charge is 0.316 e. The molecule has 0 aliphatic heterocycles. The average molecular weight is 292 g/mol. The Morgan fingerprint density at radius 1 is 1.24 bits per heavy atom. The third-order valence-electron chi connectivity index (χ3n) is 2.81. The molecule has 0 aliphatic carbocycles. The normalized spacial score (nSPS) is 10.0. The number of rotatable bonds is 5. The van der Waals surface area contributed by atoms with E-state index >= 15 is 0 Å². The Labute approximate surface area is 119 Å². The van der Waals surface area contributed by atoms with Gasteiger partial charge in [-0.2, -0.15) is 0 Å². The number of nitrogens with two attached hydrogens (primary N) is 1. The minimum absolute atomic E-state index is 0.158. The van der Waals surface area contributed by atoms with Crippen molar-refractivity contribution in [3.05, 3.63) is 52.3 Å². The predicted octanol–water partition coefficient (Wildman–Crippen LogP) is 2.77. The van der Waals surface area contributed by atoms with Crippen molar-refractivity contribution in [3.8, 4) is 5.75 Å². The minimum Gasteiger partial charge on any atom is -0.494 e. The molecule has 0 radical (unpaired) electrons. The van der Waals surface area contributed by atoms with Crippen molar-refractivity contribution in [2.75, 3.05) is 17.9 Å². The second-order valence-electron chi connectivity index (χ2n) is 4.07. The van der Waals surface area contributed by atoms with E-state index in [1.165, 1.54) is 37.4 Å². The first-order valence-electron chi connectivity index (χ1n) is 5.91. The van der Waals surface area contributed by atoms with Crippen LogP contribution in [0.1, 0.15) is 0 Å². The van der Waals surface area contributed by atoms with Crippen LogP contribution in [-0.4, -0.2) is 12.0 Å². The maximum absolute atomic E-state index is 13.2. The number of halogens is 1. The molecule has 0 fully saturated rings. The Morgan fingerprint density at radius 2 is 1.95 bits per heavy atom. The van der Waals surface area contributed by atoms with Gasteiger partial charge in [-0.05, 0) is 24.3 Å². The summed E-state index contributed by atoms with van der Waals surface area (Å²) in [6, 6.07) is 8.43. The molecule has 8 heteroatoms. The first kappa shape index (κ1) is 14.5. The zero-order valence-corrected chi connectivity index (χ0v) is 11.1. The fourth-order valence-corrected chi connectivity index (χ4v) is 1.87. The van der Waals surface area contributed by atoms with E-state index in [4.69, 9.17) is 10.6 Å². The van der Waals surface area contributed by atoms with Gasteiger partial charge in [-0.25, -0.2) is 4.39 Å². The summed E-state index contributed by atoms with van der Waals surface area (Å²) >= 11 is 0. The largest absolute Gasteiger partial charge is 0.494 e. The first-order chi connectivity index (χ1) is 10.1. The lowest BCUT2D eigenvalue weighted by Gasteiger charge is -2.12. The Morgan fingerprint density at radius 3 is 2.57 bits per heavy atom. The number of hydrogen-bond acceptors (Lipinski definition) is 6. The van der Waals surface area contributed by atoms with Crippen LogP contribution < -0.4 is 21.3 Å². The van der Waals surface area contributed by atoms with Gasteiger partial charge in [-0.1, -0.05) is 6.07 Å². The third kappa shape index (κ3) is 3.00. The highest BCUT2D eigenvalue weighted by atomic mass is 19.1. The predicted molar refractivity (Wildman–Crippen MR) is 77.1 cm³/mol. The Balaban J connectivity index is 2.47. The van der Waals surface area contributed by atoms with Crippen LogP contribution in [0, 0.1) is 15.9 Å². The van der Waals surface area contributed by atoms with Crippen molar-refractivity contribution >= 4 is 22.7 Å².